The number of rotatable bonds is 3. The van der Waals surface area contributed by atoms with Crippen LogP contribution in [-0.4, -0.2) is 18.6 Å². The zero-order valence-electron chi connectivity index (χ0n) is 10.2. The van der Waals surface area contributed by atoms with E-state index in [-0.39, 0.29) is 5.60 Å². The minimum absolute atomic E-state index is 0.266. The molecule has 0 radical (unpaired) electrons. The lowest BCUT2D eigenvalue weighted by molar-refractivity contribution is 0.0188. The molecule has 1 aliphatic rings. The zero-order valence-corrected chi connectivity index (χ0v) is 11.1. The molecule has 0 amide bonds. The van der Waals surface area contributed by atoms with E-state index in [1.54, 1.807) is 18.4 Å². The third-order valence-corrected chi connectivity index (χ3v) is 4.38. The number of nitrogens with one attached hydrogen (secondary N) is 1. The summed E-state index contributed by atoms with van der Waals surface area (Å²) in [6.45, 7) is 5.24. The van der Waals surface area contributed by atoms with E-state index in [2.05, 4.69) is 24.5 Å². The first-order valence-corrected chi connectivity index (χ1v) is 6.76. The molecule has 1 aliphatic heterocycles. The van der Waals surface area contributed by atoms with Crippen molar-refractivity contribution in [3.63, 3.8) is 0 Å². The molecule has 0 aliphatic carbocycles. The molecule has 1 saturated heterocycles. The van der Waals surface area contributed by atoms with Gasteiger partial charge in [0.2, 0.25) is 0 Å². The van der Waals surface area contributed by atoms with Crippen LogP contribution in [0.3, 0.4) is 0 Å². The van der Waals surface area contributed by atoms with Crippen LogP contribution in [-0.2, 0) is 10.3 Å². The monoisotopic (exact) mass is 240 g/mol. The summed E-state index contributed by atoms with van der Waals surface area (Å²) in [5.41, 5.74) is 0.919. The smallest absolute Gasteiger partial charge is 0.124 e. The maximum Gasteiger partial charge on any atom is 0.124 e. The lowest BCUT2D eigenvalue weighted by Crippen LogP contribution is -2.27. The van der Waals surface area contributed by atoms with Crippen molar-refractivity contribution in [3.8, 4) is 0 Å². The summed E-state index contributed by atoms with van der Waals surface area (Å²) in [6, 6.07) is 0.450. The van der Waals surface area contributed by atoms with E-state index in [1.807, 2.05) is 0 Å². The van der Waals surface area contributed by atoms with Crippen LogP contribution in [0.1, 0.15) is 49.9 Å². The van der Waals surface area contributed by atoms with Crippen LogP contribution in [0.4, 0.5) is 0 Å². The van der Waals surface area contributed by atoms with Crippen LogP contribution in [0, 0.1) is 0 Å². The number of ether oxygens (including phenoxy) is 1. The van der Waals surface area contributed by atoms with Crippen molar-refractivity contribution in [3.05, 3.63) is 16.1 Å². The molecule has 0 aromatic carbocycles. The number of methoxy groups -OCH3 is 1. The molecule has 1 N–H and O–H groups in total. The Kier molecular flexibility index (Phi) is 3.62. The molecule has 1 unspecified atom stereocenters. The van der Waals surface area contributed by atoms with Gasteiger partial charge in [0.05, 0.1) is 11.7 Å². The van der Waals surface area contributed by atoms with Gasteiger partial charge in [-0.05, 0) is 33.2 Å². The van der Waals surface area contributed by atoms with Crippen molar-refractivity contribution >= 4 is 11.3 Å². The normalized spacial score (nSPS) is 22.3. The highest BCUT2D eigenvalue weighted by Crippen LogP contribution is 2.30. The van der Waals surface area contributed by atoms with Crippen LogP contribution in [0.25, 0.3) is 0 Å². The lowest BCUT2D eigenvalue weighted by Gasteiger charge is -2.22. The van der Waals surface area contributed by atoms with E-state index < -0.39 is 0 Å². The largest absolute Gasteiger partial charge is 0.372 e. The summed E-state index contributed by atoms with van der Waals surface area (Å²) in [5, 5.41) is 6.75. The zero-order chi connectivity index (χ0) is 11.6. The molecular formula is C12H20N2OS. The summed E-state index contributed by atoms with van der Waals surface area (Å²) in [5.74, 6) is 0. The summed E-state index contributed by atoms with van der Waals surface area (Å²) >= 11 is 1.70. The van der Waals surface area contributed by atoms with Gasteiger partial charge in [0.15, 0.2) is 0 Å². The Labute approximate surface area is 101 Å². The highest BCUT2D eigenvalue weighted by molar-refractivity contribution is 7.09. The van der Waals surface area contributed by atoms with Gasteiger partial charge in [0, 0.05) is 12.5 Å². The van der Waals surface area contributed by atoms with Gasteiger partial charge in [-0.1, -0.05) is 6.42 Å². The predicted molar refractivity (Wildman–Crippen MR) is 66.7 cm³/mol. The lowest BCUT2D eigenvalue weighted by atomic mass is 10.0. The molecule has 1 aromatic heterocycles. The van der Waals surface area contributed by atoms with Gasteiger partial charge in [-0.25, -0.2) is 4.98 Å². The van der Waals surface area contributed by atoms with E-state index in [9.17, 15) is 0 Å². The van der Waals surface area contributed by atoms with Gasteiger partial charge in [-0.3, -0.25) is 0 Å². The Bertz CT molecular complexity index is 343. The molecule has 2 heterocycles. The first-order valence-electron chi connectivity index (χ1n) is 5.88. The number of hydrogen-bond donors (Lipinski definition) is 1. The van der Waals surface area contributed by atoms with Gasteiger partial charge in [-0.2, -0.15) is 0 Å². The summed E-state index contributed by atoms with van der Waals surface area (Å²) in [4.78, 5) is 4.71. The van der Waals surface area contributed by atoms with Gasteiger partial charge in [-0.15, -0.1) is 11.3 Å². The number of thiazole rings is 1. The van der Waals surface area contributed by atoms with Gasteiger partial charge in [0.1, 0.15) is 10.6 Å². The van der Waals surface area contributed by atoms with E-state index in [1.165, 1.54) is 25.0 Å². The minimum atomic E-state index is -0.266. The van der Waals surface area contributed by atoms with Crippen LogP contribution < -0.4 is 5.32 Å². The highest BCUT2D eigenvalue weighted by Gasteiger charge is 2.25. The third-order valence-electron chi connectivity index (χ3n) is 3.21. The molecule has 0 saturated carbocycles. The molecule has 2 rings (SSSR count). The number of aromatic nitrogens is 1. The Hall–Kier alpha value is -0.450. The number of hydrogen-bond acceptors (Lipinski definition) is 4. The third kappa shape index (κ3) is 2.44. The number of piperidine rings is 1. The molecule has 90 valence electrons. The first-order chi connectivity index (χ1) is 7.63. The molecule has 0 spiro atoms. The fraction of sp³-hybridized carbons (Fsp3) is 0.750. The molecule has 1 aromatic rings. The topological polar surface area (TPSA) is 34.1 Å². The van der Waals surface area contributed by atoms with E-state index in [0.29, 0.717) is 6.04 Å². The second-order valence-electron chi connectivity index (χ2n) is 4.79. The fourth-order valence-corrected chi connectivity index (χ4v) is 2.89. The average molecular weight is 240 g/mol. The summed E-state index contributed by atoms with van der Waals surface area (Å²) < 4.78 is 5.45. The summed E-state index contributed by atoms with van der Waals surface area (Å²) in [6.07, 6.45) is 3.80. The van der Waals surface area contributed by atoms with Gasteiger partial charge < -0.3 is 10.1 Å². The van der Waals surface area contributed by atoms with Crippen LogP contribution in [0.2, 0.25) is 0 Å². The maximum absolute atomic E-state index is 5.45. The Balaban J connectivity index is 2.12. The summed E-state index contributed by atoms with van der Waals surface area (Å²) in [7, 11) is 1.74. The minimum Gasteiger partial charge on any atom is -0.372 e. The highest BCUT2D eigenvalue weighted by atomic mass is 32.1. The van der Waals surface area contributed by atoms with Crippen molar-refractivity contribution in [2.75, 3.05) is 13.7 Å². The van der Waals surface area contributed by atoms with E-state index in [0.717, 1.165) is 11.6 Å². The molecule has 3 nitrogen and oxygen atoms in total. The molecule has 16 heavy (non-hydrogen) atoms. The molecule has 0 bridgehead atoms. The van der Waals surface area contributed by atoms with Crippen LogP contribution >= 0.6 is 11.3 Å². The Morgan fingerprint density at radius 3 is 2.94 bits per heavy atom. The standard InChI is InChI=1S/C12H20N2OS/c1-12(2,15-3)11-14-10(8-16-11)9-6-4-5-7-13-9/h8-9,13H,4-7H2,1-3H3. The van der Waals surface area contributed by atoms with Crippen molar-refractivity contribution in [2.45, 2.75) is 44.8 Å². The first kappa shape index (κ1) is 12.0. The molecule has 1 atom stereocenters. The van der Waals surface area contributed by atoms with E-state index >= 15 is 0 Å². The second-order valence-corrected chi connectivity index (χ2v) is 5.65. The maximum atomic E-state index is 5.45. The Morgan fingerprint density at radius 1 is 1.50 bits per heavy atom. The van der Waals surface area contributed by atoms with Crippen molar-refractivity contribution < 1.29 is 4.74 Å². The van der Waals surface area contributed by atoms with Crippen molar-refractivity contribution in [1.82, 2.24) is 10.3 Å². The van der Waals surface area contributed by atoms with Gasteiger partial charge >= 0.3 is 0 Å². The van der Waals surface area contributed by atoms with E-state index in [4.69, 9.17) is 9.72 Å². The SMILES string of the molecule is COC(C)(C)c1nc(C2CCCCN2)cs1. The van der Waals surface area contributed by atoms with Crippen LogP contribution in [0.5, 0.6) is 0 Å². The van der Waals surface area contributed by atoms with Crippen molar-refractivity contribution in [1.29, 1.82) is 0 Å². The second kappa shape index (κ2) is 4.82. The molecule has 1 fully saturated rings. The number of nitrogens with zero attached hydrogens (tertiary/aromatic N) is 1. The predicted octanol–water partition coefficient (Wildman–Crippen LogP) is 2.84. The molecular weight excluding hydrogens is 220 g/mol. The van der Waals surface area contributed by atoms with Crippen LogP contribution in [0.15, 0.2) is 5.38 Å². The van der Waals surface area contributed by atoms with Gasteiger partial charge in [0.25, 0.3) is 0 Å². The fourth-order valence-electron chi connectivity index (χ4n) is 1.91. The van der Waals surface area contributed by atoms with Crippen molar-refractivity contribution in [2.24, 2.45) is 0 Å². The quantitative estimate of drug-likeness (QED) is 0.882. The Morgan fingerprint density at radius 2 is 2.31 bits per heavy atom. The average Bonchev–Trinajstić information content (AvgIpc) is 2.80. The molecule has 4 heteroatoms.